The Morgan fingerprint density at radius 1 is 1.39 bits per heavy atom. The number of rotatable bonds is 4. The van der Waals surface area contributed by atoms with Gasteiger partial charge in [-0.15, -0.1) is 0 Å². The van der Waals surface area contributed by atoms with Crippen molar-refractivity contribution in [2.45, 2.75) is 46.0 Å². The van der Waals surface area contributed by atoms with E-state index in [0.29, 0.717) is 5.92 Å². The molecule has 1 aromatic rings. The molecule has 1 aliphatic rings. The minimum Gasteiger partial charge on any atom is -0.370 e. The second-order valence-corrected chi connectivity index (χ2v) is 6.57. The molecule has 0 bridgehead atoms. The van der Waals surface area contributed by atoms with Crippen LogP contribution in [0.5, 0.6) is 0 Å². The quantitative estimate of drug-likeness (QED) is 0.846. The van der Waals surface area contributed by atoms with Crippen LogP contribution in [-0.4, -0.2) is 16.5 Å². The molecule has 1 heterocycles. The summed E-state index contributed by atoms with van der Waals surface area (Å²) in [4.78, 5) is 8.95. The van der Waals surface area contributed by atoms with E-state index in [4.69, 9.17) is 0 Å². The van der Waals surface area contributed by atoms with Crippen molar-refractivity contribution in [1.29, 1.82) is 0 Å². The van der Waals surface area contributed by atoms with Crippen molar-refractivity contribution in [2.75, 3.05) is 11.9 Å². The molecule has 3 nitrogen and oxygen atoms in total. The van der Waals surface area contributed by atoms with E-state index in [0.717, 1.165) is 34.6 Å². The molecule has 0 amide bonds. The molecule has 0 saturated heterocycles. The average Bonchev–Trinajstić information content (AvgIpc) is 2.72. The van der Waals surface area contributed by atoms with Crippen molar-refractivity contribution >= 4 is 21.7 Å². The first-order valence-corrected chi connectivity index (χ1v) is 7.62. The molecule has 0 aliphatic heterocycles. The first-order valence-electron chi connectivity index (χ1n) is 6.83. The lowest BCUT2D eigenvalue weighted by Gasteiger charge is -2.13. The van der Waals surface area contributed by atoms with E-state index in [1.165, 1.54) is 19.3 Å². The molecule has 2 unspecified atom stereocenters. The van der Waals surface area contributed by atoms with Crippen molar-refractivity contribution in [2.24, 2.45) is 11.8 Å². The first-order chi connectivity index (χ1) is 8.54. The summed E-state index contributed by atoms with van der Waals surface area (Å²) in [6.07, 6.45) is 4.06. The smallest absolute Gasteiger partial charge is 0.134 e. The molecule has 1 aliphatic carbocycles. The van der Waals surface area contributed by atoms with Crippen LogP contribution in [0.1, 0.15) is 51.8 Å². The van der Waals surface area contributed by atoms with Crippen LogP contribution in [-0.2, 0) is 0 Å². The summed E-state index contributed by atoms with van der Waals surface area (Å²) in [6, 6.07) is 1.96. The van der Waals surface area contributed by atoms with Gasteiger partial charge in [-0.05, 0) is 40.6 Å². The second-order valence-electron chi connectivity index (χ2n) is 5.75. The van der Waals surface area contributed by atoms with Gasteiger partial charge in [-0.1, -0.05) is 27.2 Å². The van der Waals surface area contributed by atoms with Gasteiger partial charge in [0.25, 0.3) is 0 Å². The number of hydrogen-bond acceptors (Lipinski definition) is 3. The zero-order valence-corrected chi connectivity index (χ0v) is 13.0. The van der Waals surface area contributed by atoms with Crippen LogP contribution in [0.2, 0.25) is 0 Å². The molecule has 0 spiro atoms. The molecule has 2 rings (SSSR count). The molecular weight excluding hydrogens is 290 g/mol. The maximum Gasteiger partial charge on any atom is 0.134 e. The Balaban J connectivity index is 1.96. The third kappa shape index (κ3) is 3.67. The summed E-state index contributed by atoms with van der Waals surface area (Å²) in [5.74, 6) is 3.89. The molecule has 2 atom stereocenters. The van der Waals surface area contributed by atoms with E-state index in [1.54, 1.807) is 0 Å². The highest BCUT2D eigenvalue weighted by molar-refractivity contribution is 9.10. The molecule has 1 fully saturated rings. The van der Waals surface area contributed by atoms with Gasteiger partial charge in [0.1, 0.15) is 16.2 Å². The summed E-state index contributed by atoms with van der Waals surface area (Å²) in [5.41, 5.74) is 0. The lowest BCUT2D eigenvalue weighted by atomic mass is 10.1. The molecule has 0 aromatic carbocycles. The Hall–Kier alpha value is -0.640. The number of halogens is 1. The van der Waals surface area contributed by atoms with Gasteiger partial charge in [-0.3, -0.25) is 0 Å². The SMILES string of the molecule is CC1CCC(CNc2cc(Br)nc(C(C)C)n2)C1. The van der Waals surface area contributed by atoms with Gasteiger partial charge >= 0.3 is 0 Å². The van der Waals surface area contributed by atoms with Gasteiger partial charge in [-0.2, -0.15) is 0 Å². The highest BCUT2D eigenvalue weighted by atomic mass is 79.9. The predicted molar refractivity (Wildman–Crippen MR) is 78.8 cm³/mol. The topological polar surface area (TPSA) is 37.8 Å². The zero-order chi connectivity index (χ0) is 13.1. The van der Waals surface area contributed by atoms with E-state index in [2.05, 4.69) is 52.0 Å². The summed E-state index contributed by atoms with van der Waals surface area (Å²) < 4.78 is 0.864. The zero-order valence-electron chi connectivity index (χ0n) is 11.4. The van der Waals surface area contributed by atoms with Crippen LogP contribution in [0, 0.1) is 11.8 Å². The molecular formula is C14H22BrN3. The van der Waals surface area contributed by atoms with Gasteiger partial charge in [0.2, 0.25) is 0 Å². The standard InChI is InChI=1S/C14H22BrN3/c1-9(2)14-17-12(15)7-13(18-14)16-8-11-5-4-10(3)6-11/h7,9-11H,4-6,8H2,1-3H3,(H,16,17,18). The van der Waals surface area contributed by atoms with Gasteiger partial charge < -0.3 is 5.32 Å². The van der Waals surface area contributed by atoms with Crippen LogP contribution < -0.4 is 5.32 Å². The molecule has 100 valence electrons. The highest BCUT2D eigenvalue weighted by Gasteiger charge is 2.21. The molecule has 18 heavy (non-hydrogen) atoms. The Labute approximate surface area is 118 Å². The molecule has 1 saturated carbocycles. The molecule has 4 heteroatoms. The van der Waals surface area contributed by atoms with E-state index in [1.807, 2.05) is 6.07 Å². The molecule has 1 N–H and O–H groups in total. The number of aromatic nitrogens is 2. The van der Waals surface area contributed by atoms with E-state index >= 15 is 0 Å². The van der Waals surface area contributed by atoms with Crippen LogP contribution in [0.4, 0.5) is 5.82 Å². The summed E-state index contributed by atoms with van der Waals surface area (Å²) >= 11 is 3.45. The number of hydrogen-bond donors (Lipinski definition) is 1. The third-order valence-corrected chi connectivity index (χ3v) is 4.01. The average molecular weight is 312 g/mol. The summed E-state index contributed by atoms with van der Waals surface area (Å²) in [6.45, 7) is 7.61. The minimum absolute atomic E-state index is 0.356. The largest absolute Gasteiger partial charge is 0.370 e. The lowest BCUT2D eigenvalue weighted by molar-refractivity contribution is 0.536. The number of nitrogens with one attached hydrogen (secondary N) is 1. The normalized spacial score (nSPS) is 23.6. The Morgan fingerprint density at radius 3 is 2.78 bits per heavy atom. The third-order valence-electron chi connectivity index (χ3n) is 3.60. The fourth-order valence-electron chi connectivity index (χ4n) is 2.54. The van der Waals surface area contributed by atoms with Crippen LogP contribution >= 0.6 is 15.9 Å². The lowest BCUT2D eigenvalue weighted by Crippen LogP contribution is -2.13. The van der Waals surface area contributed by atoms with Gasteiger partial charge in [-0.25, -0.2) is 9.97 Å². The van der Waals surface area contributed by atoms with Gasteiger partial charge in [0, 0.05) is 18.5 Å². The van der Waals surface area contributed by atoms with Crippen LogP contribution in [0.25, 0.3) is 0 Å². The Bertz CT molecular complexity index is 406. The number of nitrogens with zero attached hydrogens (tertiary/aromatic N) is 2. The maximum atomic E-state index is 4.56. The van der Waals surface area contributed by atoms with E-state index < -0.39 is 0 Å². The maximum absolute atomic E-state index is 4.56. The molecule has 0 radical (unpaired) electrons. The first kappa shape index (κ1) is 13.8. The fraction of sp³-hybridized carbons (Fsp3) is 0.714. The van der Waals surface area contributed by atoms with Crippen LogP contribution in [0.3, 0.4) is 0 Å². The second kappa shape index (κ2) is 6.00. The number of anilines is 1. The van der Waals surface area contributed by atoms with Crippen LogP contribution in [0.15, 0.2) is 10.7 Å². The Morgan fingerprint density at radius 2 is 2.17 bits per heavy atom. The molecule has 1 aromatic heterocycles. The Kier molecular flexibility index (Phi) is 4.60. The monoisotopic (exact) mass is 311 g/mol. The van der Waals surface area contributed by atoms with Crippen molar-refractivity contribution in [1.82, 2.24) is 9.97 Å². The van der Waals surface area contributed by atoms with Crippen molar-refractivity contribution in [3.8, 4) is 0 Å². The van der Waals surface area contributed by atoms with Crippen molar-refractivity contribution in [3.63, 3.8) is 0 Å². The summed E-state index contributed by atoms with van der Waals surface area (Å²) in [5, 5.41) is 3.46. The van der Waals surface area contributed by atoms with Gasteiger partial charge in [0.15, 0.2) is 0 Å². The minimum atomic E-state index is 0.356. The summed E-state index contributed by atoms with van der Waals surface area (Å²) in [7, 11) is 0. The fourth-order valence-corrected chi connectivity index (χ4v) is 2.94. The highest BCUT2D eigenvalue weighted by Crippen LogP contribution is 2.30. The van der Waals surface area contributed by atoms with E-state index in [-0.39, 0.29) is 0 Å². The van der Waals surface area contributed by atoms with Crippen molar-refractivity contribution in [3.05, 3.63) is 16.5 Å². The van der Waals surface area contributed by atoms with Gasteiger partial charge in [0.05, 0.1) is 0 Å². The van der Waals surface area contributed by atoms with Crippen molar-refractivity contribution < 1.29 is 0 Å². The predicted octanol–water partition coefficient (Wildman–Crippen LogP) is 4.21. The van der Waals surface area contributed by atoms with E-state index in [9.17, 15) is 0 Å².